The molecule has 1 atom stereocenters. The lowest BCUT2D eigenvalue weighted by atomic mass is 9.89. The molecule has 0 aliphatic heterocycles. The van der Waals surface area contributed by atoms with Gasteiger partial charge in [-0.15, -0.1) is 0 Å². The highest BCUT2D eigenvalue weighted by atomic mass is 14.7. The molecule has 0 spiro atoms. The van der Waals surface area contributed by atoms with Crippen molar-refractivity contribution in [3.05, 3.63) is 59.2 Å². The topological polar surface area (TPSA) is 26.0 Å². The van der Waals surface area contributed by atoms with E-state index in [9.17, 15) is 0 Å². The summed E-state index contributed by atoms with van der Waals surface area (Å²) < 4.78 is 0. The van der Waals surface area contributed by atoms with Crippen LogP contribution in [0.4, 0.5) is 0 Å². The van der Waals surface area contributed by atoms with Gasteiger partial charge in [0.2, 0.25) is 0 Å². The number of nitrogens with two attached hydrogens (primary N) is 1. The van der Waals surface area contributed by atoms with Crippen LogP contribution in [0.15, 0.2) is 48.1 Å². The fourth-order valence-corrected chi connectivity index (χ4v) is 1.86. The fraction of sp³-hybridized carbons (Fsp3) is 0.333. The van der Waals surface area contributed by atoms with E-state index in [4.69, 9.17) is 5.73 Å². The van der Waals surface area contributed by atoms with Gasteiger partial charge in [0, 0.05) is 5.54 Å². The number of hydrogen-bond acceptors (Lipinski definition) is 1. The van der Waals surface area contributed by atoms with Crippen LogP contribution < -0.4 is 5.73 Å². The summed E-state index contributed by atoms with van der Waals surface area (Å²) in [6.45, 7) is 4.17. The molecule has 1 heteroatoms. The predicted octanol–water partition coefficient (Wildman–Crippen LogP) is 3.14. The molecule has 84 valence electrons. The Balaban J connectivity index is 2.05. The first-order valence-corrected chi connectivity index (χ1v) is 5.78. The van der Waals surface area contributed by atoms with Gasteiger partial charge >= 0.3 is 0 Å². The summed E-state index contributed by atoms with van der Waals surface area (Å²) in [4.78, 5) is 0. The molecule has 1 aromatic carbocycles. The summed E-state index contributed by atoms with van der Waals surface area (Å²) in [5.41, 5.74) is 9.91. The van der Waals surface area contributed by atoms with E-state index >= 15 is 0 Å². The van der Waals surface area contributed by atoms with Crippen LogP contribution in [0, 0.1) is 6.92 Å². The molecule has 0 heterocycles. The Morgan fingerprint density at radius 3 is 2.50 bits per heavy atom. The highest BCUT2D eigenvalue weighted by molar-refractivity contribution is 5.34. The molecule has 0 saturated heterocycles. The van der Waals surface area contributed by atoms with Crippen molar-refractivity contribution in [3.8, 4) is 0 Å². The van der Waals surface area contributed by atoms with Gasteiger partial charge in [-0.05, 0) is 37.8 Å². The monoisotopic (exact) mass is 213 g/mol. The van der Waals surface area contributed by atoms with Crippen LogP contribution in [0.25, 0.3) is 0 Å². The number of allylic oxidation sites excluding steroid dienone is 2. The molecule has 0 bridgehead atoms. The van der Waals surface area contributed by atoms with Crippen molar-refractivity contribution >= 4 is 0 Å². The molecule has 0 saturated carbocycles. The van der Waals surface area contributed by atoms with Crippen molar-refractivity contribution in [3.63, 3.8) is 0 Å². The van der Waals surface area contributed by atoms with Gasteiger partial charge in [0.05, 0.1) is 0 Å². The summed E-state index contributed by atoms with van der Waals surface area (Å²) in [5.74, 6) is 0. The Morgan fingerprint density at radius 2 is 1.94 bits per heavy atom. The molecule has 1 nitrogen and oxygen atoms in total. The van der Waals surface area contributed by atoms with Crippen LogP contribution in [0.3, 0.4) is 0 Å². The number of rotatable bonds is 2. The first-order chi connectivity index (χ1) is 7.55. The zero-order valence-corrected chi connectivity index (χ0v) is 10.0. The van der Waals surface area contributed by atoms with Crippen LogP contribution in [-0.2, 0) is 6.42 Å². The molecule has 1 aliphatic rings. The second kappa shape index (κ2) is 4.26. The molecule has 1 unspecified atom stereocenters. The molecule has 2 N–H and O–H groups in total. The summed E-state index contributed by atoms with van der Waals surface area (Å²) in [6.07, 6.45) is 8.46. The summed E-state index contributed by atoms with van der Waals surface area (Å²) in [7, 11) is 0. The van der Waals surface area contributed by atoms with E-state index in [1.165, 1.54) is 16.7 Å². The van der Waals surface area contributed by atoms with Crippen molar-refractivity contribution in [1.82, 2.24) is 0 Å². The summed E-state index contributed by atoms with van der Waals surface area (Å²) >= 11 is 0. The Bertz CT molecular complexity index is 421. The second-order valence-electron chi connectivity index (χ2n) is 4.98. The van der Waals surface area contributed by atoms with Gasteiger partial charge in [-0.1, -0.05) is 48.1 Å². The standard InChI is InChI=1S/C15H19N/c1-12-3-5-13(6-4-12)11-14-7-9-15(2,16)10-8-14/h3-9H,10-11,16H2,1-2H3. The first kappa shape index (κ1) is 11.2. The average molecular weight is 213 g/mol. The third kappa shape index (κ3) is 2.83. The smallest absolute Gasteiger partial charge is 0.0348 e. The van der Waals surface area contributed by atoms with Crippen molar-refractivity contribution in [2.24, 2.45) is 5.73 Å². The zero-order chi connectivity index (χ0) is 11.6. The van der Waals surface area contributed by atoms with Gasteiger partial charge in [0.15, 0.2) is 0 Å². The maximum Gasteiger partial charge on any atom is 0.0348 e. The lowest BCUT2D eigenvalue weighted by molar-refractivity contribution is 0.585. The molecule has 0 amide bonds. The quantitative estimate of drug-likeness (QED) is 0.802. The van der Waals surface area contributed by atoms with Crippen LogP contribution in [0.1, 0.15) is 24.5 Å². The van der Waals surface area contributed by atoms with E-state index in [0.717, 1.165) is 12.8 Å². The first-order valence-electron chi connectivity index (χ1n) is 5.78. The van der Waals surface area contributed by atoms with Gasteiger partial charge in [-0.2, -0.15) is 0 Å². The molecule has 2 rings (SSSR count). The van der Waals surface area contributed by atoms with E-state index in [1.54, 1.807) is 0 Å². The Kier molecular flexibility index (Phi) is 2.97. The zero-order valence-electron chi connectivity index (χ0n) is 10.0. The van der Waals surface area contributed by atoms with Crippen molar-refractivity contribution < 1.29 is 0 Å². The van der Waals surface area contributed by atoms with E-state index in [-0.39, 0.29) is 5.54 Å². The van der Waals surface area contributed by atoms with Crippen LogP contribution in [-0.4, -0.2) is 5.54 Å². The van der Waals surface area contributed by atoms with Gasteiger partial charge in [0.1, 0.15) is 0 Å². The largest absolute Gasteiger partial charge is 0.322 e. The number of aryl methyl sites for hydroxylation is 1. The van der Waals surface area contributed by atoms with E-state index in [0.29, 0.717) is 0 Å². The van der Waals surface area contributed by atoms with Gasteiger partial charge in [-0.25, -0.2) is 0 Å². The average Bonchev–Trinajstić information content (AvgIpc) is 2.24. The predicted molar refractivity (Wildman–Crippen MR) is 69.3 cm³/mol. The van der Waals surface area contributed by atoms with Gasteiger partial charge in [0.25, 0.3) is 0 Å². The molecule has 0 radical (unpaired) electrons. The lowest BCUT2D eigenvalue weighted by Crippen LogP contribution is -2.34. The molecular weight excluding hydrogens is 194 g/mol. The normalized spacial score (nSPS) is 24.3. The van der Waals surface area contributed by atoms with Gasteiger partial charge < -0.3 is 5.73 Å². The van der Waals surface area contributed by atoms with Crippen LogP contribution >= 0.6 is 0 Å². The van der Waals surface area contributed by atoms with Crippen molar-refractivity contribution in [2.75, 3.05) is 0 Å². The molecular formula is C15H19N. The van der Waals surface area contributed by atoms with Crippen molar-refractivity contribution in [2.45, 2.75) is 32.2 Å². The third-order valence-electron chi connectivity index (χ3n) is 3.01. The minimum Gasteiger partial charge on any atom is -0.322 e. The molecule has 0 aromatic heterocycles. The molecule has 1 aromatic rings. The van der Waals surface area contributed by atoms with E-state index in [2.05, 4.69) is 56.3 Å². The minimum absolute atomic E-state index is 0.156. The number of hydrogen-bond donors (Lipinski definition) is 1. The van der Waals surface area contributed by atoms with Crippen LogP contribution in [0.2, 0.25) is 0 Å². The Hall–Kier alpha value is -1.34. The molecule has 0 fully saturated rings. The molecule has 1 aliphatic carbocycles. The maximum atomic E-state index is 6.02. The van der Waals surface area contributed by atoms with E-state index < -0.39 is 0 Å². The summed E-state index contributed by atoms with van der Waals surface area (Å²) in [5, 5.41) is 0. The van der Waals surface area contributed by atoms with Crippen LogP contribution in [0.5, 0.6) is 0 Å². The third-order valence-corrected chi connectivity index (χ3v) is 3.01. The van der Waals surface area contributed by atoms with E-state index in [1.807, 2.05) is 0 Å². The number of benzene rings is 1. The molecule has 16 heavy (non-hydrogen) atoms. The Labute approximate surface area is 97.7 Å². The second-order valence-corrected chi connectivity index (χ2v) is 4.98. The summed E-state index contributed by atoms with van der Waals surface area (Å²) in [6, 6.07) is 8.71. The highest BCUT2D eigenvalue weighted by Crippen LogP contribution is 2.20. The fourth-order valence-electron chi connectivity index (χ4n) is 1.86. The Morgan fingerprint density at radius 1 is 1.25 bits per heavy atom. The van der Waals surface area contributed by atoms with Crippen molar-refractivity contribution in [1.29, 1.82) is 0 Å². The van der Waals surface area contributed by atoms with Gasteiger partial charge in [-0.3, -0.25) is 0 Å². The minimum atomic E-state index is -0.156. The SMILES string of the molecule is Cc1ccc(CC2=CCC(C)(N)C=C2)cc1. The lowest BCUT2D eigenvalue weighted by Gasteiger charge is -2.22. The highest BCUT2D eigenvalue weighted by Gasteiger charge is 2.16. The maximum absolute atomic E-state index is 6.02.